The molecule has 1 N–H and O–H groups in total. The maximum atomic E-state index is 12.4. The molecule has 0 atom stereocenters. The molecule has 0 aliphatic heterocycles. The number of hydrogen-bond donors (Lipinski definition) is 1. The van der Waals surface area contributed by atoms with Crippen LogP contribution in [0.15, 0.2) is 47.5 Å². The van der Waals surface area contributed by atoms with Crippen LogP contribution in [0.4, 0.5) is 5.95 Å². The van der Waals surface area contributed by atoms with Crippen LogP contribution in [0.25, 0.3) is 11.3 Å². The molecule has 0 aliphatic carbocycles. The van der Waals surface area contributed by atoms with Crippen molar-refractivity contribution in [3.8, 4) is 11.3 Å². The summed E-state index contributed by atoms with van der Waals surface area (Å²) >= 11 is 0. The van der Waals surface area contributed by atoms with E-state index in [9.17, 15) is 9.59 Å². The molecule has 7 heteroatoms. The first kappa shape index (κ1) is 17.5. The number of aryl methyl sites for hydroxylation is 2. The molecule has 0 radical (unpaired) electrons. The predicted octanol–water partition coefficient (Wildman–Crippen LogP) is 2.32. The third-order valence-corrected chi connectivity index (χ3v) is 3.84. The van der Waals surface area contributed by atoms with Crippen LogP contribution in [0.2, 0.25) is 0 Å². The van der Waals surface area contributed by atoms with E-state index in [2.05, 4.69) is 20.4 Å². The van der Waals surface area contributed by atoms with Crippen molar-refractivity contribution in [1.82, 2.24) is 19.7 Å². The maximum Gasteiger partial charge on any atom is 0.270 e. The molecule has 2 heterocycles. The van der Waals surface area contributed by atoms with Crippen molar-refractivity contribution in [2.75, 3.05) is 5.32 Å². The van der Waals surface area contributed by atoms with Gasteiger partial charge in [0.1, 0.15) is 0 Å². The van der Waals surface area contributed by atoms with E-state index in [1.54, 1.807) is 25.4 Å². The molecule has 0 saturated carbocycles. The summed E-state index contributed by atoms with van der Waals surface area (Å²) in [5.74, 6) is -0.00989. The van der Waals surface area contributed by atoms with Crippen molar-refractivity contribution >= 4 is 11.9 Å². The van der Waals surface area contributed by atoms with Gasteiger partial charge in [-0.1, -0.05) is 29.8 Å². The van der Waals surface area contributed by atoms with Crippen molar-refractivity contribution in [1.29, 1.82) is 0 Å². The van der Waals surface area contributed by atoms with E-state index in [1.807, 2.05) is 31.2 Å². The number of carbonyl (C=O) groups excluding carboxylic acids is 1. The molecule has 26 heavy (non-hydrogen) atoms. The molecule has 3 rings (SSSR count). The Morgan fingerprint density at radius 3 is 2.38 bits per heavy atom. The van der Waals surface area contributed by atoms with Gasteiger partial charge in [-0.05, 0) is 25.5 Å². The number of amides is 1. The number of anilines is 1. The van der Waals surface area contributed by atoms with Gasteiger partial charge in [0.15, 0.2) is 0 Å². The highest BCUT2D eigenvalue weighted by molar-refractivity contribution is 5.86. The lowest BCUT2D eigenvalue weighted by atomic mass is 10.1. The van der Waals surface area contributed by atoms with Crippen LogP contribution in [0, 0.1) is 13.8 Å². The van der Waals surface area contributed by atoms with Crippen molar-refractivity contribution in [2.24, 2.45) is 0 Å². The second-order valence-electron chi connectivity index (χ2n) is 6.14. The average molecular weight is 349 g/mol. The van der Waals surface area contributed by atoms with E-state index < -0.39 is 0 Å². The highest BCUT2D eigenvalue weighted by Crippen LogP contribution is 2.16. The fourth-order valence-corrected chi connectivity index (χ4v) is 2.47. The van der Waals surface area contributed by atoms with Crippen LogP contribution in [0.1, 0.15) is 23.6 Å². The van der Waals surface area contributed by atoms with E-state index >= 15 is 0 Å². The summed E-state index contributed by atoms with van der Waals surface area (Å²) in [6.07, 6.45) is 3.14. The van der Waals surface area contributed by atoms with Gasteiger partial charge >= 0.3 is 0 Å². The van der Waals surface area contributed by atoms with Gasteiger partial charge in [0.05, 0.1) is 12.2 Å². The number of nitrogens with one attached hydrogen (secondary N) is 1. The summed E-state index contributed by atoms with van der Waals surface area (Å²) in [4.78, 5) is 31.7. The van der Waals surface area contributed by atoms with E-state index in [1.165, 1.54) is 11.6 Å². The molecule has 1 amide bonds. The van der Waals surface area contributed by atoms with Crippen LogP contribution in [-0.4, -0.2) is 25.7 Å². The second-order valence-corrected chi connectivity index (χ2v) is 6.14. The number of rotatable bonds is 4. The quantitative estimate of drug-likeness (QED) is 0.781. The largest absolute Gasteiger partial charge is 0.295 e. The van der Waals surface area contributed by atoms with Crippen LogP contribution >= 0.6 is 0 Å². The number of hydrogen-bond acceptors (Lipinski definition) is 5. The summed E-state index contributed by atoms with van der Waals surface area (Å²) < 4.78 is 1.44. The number of aromatic nitrogens is 4. The van der Waals surface area contributed by atoms with Crippen LogP contribution in [-0.2, 0) is 11.3 Å². The summed E-state index contributed by atoms with van der Waals surface area (Å²) in [7, 11) is 0. The van der Waals surface area contributed by atoms with Gasteiger partial charge in [-0.2, -0.15) is 5.10 Å². The molecule has 132 valence electrons. The highest BCUT2D eigenvalue weighted by atomic mass is 16.1. The Morgan fingerprint density at radius 2 is 1.77 bits per heavy atom. The Kier molecular flexibility index (Phi) is 4.88. The first-order chi connectivity index (χ1) is 12.4. The zero-order valence-electron chi connectivity index (χ0n) is 14.9. The Bertz CT molecular complexity index is 992. The third kappa shape index (κ3) is 4.00. The lowest BCUT2D eigenvalue weighted by molar-refractivity contribution is -0.114. The van der Waals surface area contributed by atoms with Crippen LogP contribution < -0.4 is 10.9 Å². The summed E-state index contributed by atoms with van der Waals surface area (Å²) in [6.45, 7) is 5.55. The molecule has 0 unspecified atom stereocenters. The lowest BCUT2D eigenvalue weighted by Gasteiger charge is -2.09. The monoisotopic (exact) mass is 349 g/mol. The fraction of sp³-hybridized carbons (Fsp3) is 0.211. The molecular formula is C19H19N5O2. The van der Waals surface area contributed by atoms with Crippen molar-refractivity contribution in [2.45, 2.75) is 27.3 Å². The molecule has 0 aliphatic rings. The topological polar surface area (TPSA) is 89.8 Å². The normalized spacial score (nSPS) is 10.6. The first-order valence-electron chi connectivity index (χ1n) is 8.16. The molecule has 0 fully saturated rings. The minimum Gasteiger partial charge on any atom is -0.295 e. The standard InChI is InChI=1S/C19H19N5O2/c1-12-4-6-15(7-5-12)11-24-18(26)13(2)8-17(23-24)16-9-20-19(21-10-16)22-14(3)25/h4-10H,11H2,1-3H3,(H,20,21,22,25). The lowest BCUT2D eigenvalue weighted by Crippen LogP contribution is -2.25. The smallest absolute Gasteiger partial charge is 0.270 e. The molecule has 0 spiro atoms. The SMILES string of the molecule is CC(=O)Nc1ncc(-c2cc(C)c(=O)n(Cc3ccc(C)cc3)n2)cn1. The third-order valence-electron chi connectivity index (χ3n) is 3.84. The van der Waals surface area contributed by atoms with Crippen molar-refractivity contribution < 1.29 is 4.79 Å². The van der Waals surface area contributed by atoms with Gasteiger partial charge < -0.3 is 0 Å². The average Bonchev–Trinajstić information content (AvgIpc) is 2.61. The van der Waals surface area contributed by atoms with E-state index in [4.69, 9.17) is 0 Å². The zero-order valence-corrected chi connectivity index (χ0v) is 14.9. The maximum absolute atomic E-state index is 12.4. The number of benzene rings is 1. The summed E-state index contributed by atoms with van der Waals surface area (Å²) in [5.41, 5.74) is 3.89. The zero-order chi connectivity index (χ0) is 18.7. The summed E-state index contributed by atoms with van der Waals surface area (Å²) in [5, 5.41) is 6.96. The molecule has 1 aromatic carbocycles. The Morgan fingerprint density at radius 1 is 1.12 bits per heavy atom. The van der Waals surface area contributed by atoms with Gasteiger partial charge in [-0.15, -0.1) is 0 Å². The van der Waals surface area contributed by atoms with E-state index in [0.29, 0.717) is 23.4 Å². The van der Waals surface area contributed by atoms with Crippen LogP contribution in [0.5, 0.6) is 0 Å². The summed E-state index contributed by atoms with van der Waals surface area (Å²) in [6, 6.07) is 9.69. The Balaban J connectivity index is 1.93. The van der Waals surface area contributed by atoms with Crippen molar-refractivity contribution in [3.05, 3.63) is 69.8 Å². The Labute approximate surface area is 150 Å². The van der Waals surface area contributed by atoms with E-state index in [-0.39, 0.29) is 17.4 Å². The van der Waals surface area contributed by atoms with Crippen molar-refractivity contribution in [3.63, 3.8) is 0 Å². The van der Waals surface area contributed by atoms with Gasteiger partial charge in [0.25, 0.3) is 5.56 Å². The van der Waals surface area contributed by atoms with Gasteiger partial charge in [-0.3, -0.25) is 14.9 Å². The minimum absolute atomic E-state index is 0.134. The van der Waals surface area contributed by atoms with Gasteiger partial charge in [0.2, 0.25) is 11.9 Å². The predicted molar refractivity (Wildman–Crippen MR) is 98.8 cm³/mol. The fourth-order valence-electron chi connectivity index (χ4n) is 2.47. The molecule has 0 saturated heterocycles. The first-order valence-corrected chi connectivity index (χ1v) is 8.16. The molecule has 7 nitrogen and oxygen atoms in total. The minimum atomic E-state index is -0.238. The molecule has 3 aromatic rings. The van der Waals surface area contributed by atoms with Gasteiger partial charge in [0, 0.05) is 30.4 Å². The molecular weight excluding hydrogens is 330 g/mol. The second kappa shape index (κ2) is 7.26. The van der Waals surface area contributed by atoms with E-state index in [0.717, 1.165) is 11.1 Å². The van der Waals surface area contributed by atoms with Crippen LogP contribution in [0.3, 0.4) is 0 Å². The molecule has 2 aromatic heterocycles. The number of carbonyl (C=O) groups is 1. The Hall–Kier alpha value is -3.35. The van der Waals surface area contributed by atoms with Gasteiger partial charge in [-0.25, -0.2) is 14.6 Å². The number of nitrogens with zero attached hydrogens (tertiary/aromatic N) is 4. The molecule has 0 bridgehead atoms. The highest BCUT2D eigenvalue weighted by Gasteiger charge is 2.09.